The second-order valence-corrected chi connectivity index (χ2v) is 6.63. The van der Waals surface area contributed by atoms with E-state index >= 15 is 0 Å². The molecule has 1 aromatic heterocycles. The average molecular weight is 428 g/mol. The lowest BCUT2D eigenvalue weighted by atomic mass is 10.2. The predicted octanol–water partition coefficient (Wildman–Crippen LogP) is 4.50. The van der Waals surface area contributed by atoms with E-state index in [4.69, 9.17) is 28.9 Å². The van der Waals surface area contributed by atoms with Crippen LogP contribution in [0.15, 0.2) is 79.1 Å². The quantitative estimate of drug-likeness (QED) is 0.587. The van der Waals surface area contributed by atoms with Gasteiger partial charge in [-0.25, -0.2) is 0 Å². The first-order chi connectivity index (χ1) is 14.0. The van der Waals surface area contributed by atoms with Gasteiger partial charge in [0, 0.05) is 30.6 Å². The van der Waals surface area contributed by atoms with E-state index in [1.807, 2.05) is 24.3 Å². The van der Waals surface area contributed by atoms with Gasteiger partial charge in [-0.1, -0.05) is 47.5 Å². The van der Waals surface area contributed by atoms with Crippen LogP contribution >= 0.6 is 23.2 Å². The number of hydrogen-bond donors (Lipinski definition) is 2. The maximum absolute atomic E-state index is 11.8. The van der Waals surface area contributed by atoms with Crippen molar-refractivity contribution in [2.24, 2.45) is 5.73 Å². The Bertz CT molecular complexity index is 978. The standard InChI is InChI=1S/C14H11Cl2NO.C8H8N2O/c15-12-7-6-10(8-13(12)16)9-17-14(18)11-4-2-1-3-5-11;9-8(11)2-1-7-3-5-10-6-4-7/h1-8H,9H2,(H,17,18);1-6H,(H2,9,11)/b;2-1+. The second-order valence-electron chi connectivity index (χ2n) is 5.81. The lowest BCUT2D eigenvalue weighted by Crippen LogP contribution is -2.22. The molecule has 0 fully saturated rings. The number of carbonyl (C=O) groups is 2. The van der Waals surface area contributed by atoms with Crippen LogP contribution in [0.1, 0.15) is 21.5 Å². The molecule has 3 N–H and O–H groups in total. The van der Waals surface area contributed by atoms with E-state index in [1.54, 1.807) is 54.9 Å². The summed E-state index contributed by atoms with van der Waals surface area (Å²) in [6, 6.07) is 17.9. The molecule has 2 amide bonds. The highest BCUT2D eigenvalue weighted by Gasteiger charge is 2.05. The van der Waals surface area contributed by atoms with Crippen molar-refractivity contribution in [3.05, 3.63) is 106 Å². The molecule has 0 aliphatic heterocycles. The fraction of sp³-hybridized carbons (Fsp3) is 0.0455. The number of rotatable bonds is 5. The third-order valence-corrected chi connectivity index (χ3v) is 4.36. The van der Waals surface area contributed by atoms with Gasteiger partial charge in [0.15, 0.2) is 0 Å². The molecule has 0 saturated heterocycles. The van der Waals surface area contributed by atoms with E-state index < -0.39 is 5.91 Å². The highest BCUT2D eigenvalue weighted by atomic mass is 35.5. The molecule has 0 aliphatic carbocycles. The highest BCUT2D eigenvalue weighted by molar-refractivity contribution is 6.42. The monoisotopic (exact) mass is 427 g/mol. The fourth-order valence-corrected chi connectivity index (χ4v) is 2.50. The largest absolute Gasteiger partial charge is 0.366 e. The third-order valence-electron chi connectivity index (χ3n) is 3.62. The number of nitrogens with one attached hydrogen (secondary N) is 1. The zero-order valence-corrected chi connectivity index (χ0v) is 16.9. The Kier molecular flexibility index (Phi) is 8.89. The van der Waals surface area contributed by atoms with Crippen molar-refractivity contribution in [2.45, 2.75) is 6.54 Å². The number of pyridine rings is 1. The molecule has 1 heterocycles. The van der Waals surface area contributed by atoms with Crippen LogP contribution in [0.5, 0.6) is 0 Å². The van der Waals surface area contributed by atoms with Crippen molar-refractivity contribution in [1.29, 1.82) is 0 Å². The van der Waals surface area contributed by atoms with Gasteiger partial charge in [-0.2, -0.15) is 0 Å². The van der Waals surface area contributed by atoms with Crippen molar-refractivity contribution in [2.75, 3.05) is 0 Å². The Hall–Kier alpha value is -3.15. The molecule has 3 aromatic rings. The summed E-state index contributed by atoms with van der Waals surface area (Å²) >= 11 is 11.7. The molecule has 0 aliphatic rings. The number of halogens is 2. The second kappa shape index (κ2) is 11.6. The molecule has 29 heavy (non-hydrogen) atoms. The number of amides is 2. The summed E-state index contributed by atoms with van der Waals surface area (Å²) in [5.41, 5.74) is 7.36. The minimum Gasteiger partial charge on any atom is -0.366 e. The summed E-state index contributed by atoms with van der Waals surface area (Å²) in [6.45, 7) is 0.421. The van der Waals surface area contributed by atoms with Crippen LogP contribution in [-0.2, 0) is 11.3 Å². The molecule has 3 rings (SSSR count). The summed E-state index contributed by atoms with van der Waals surface area (Å²) in [5.74, 6) is -0.552. The maximum Gasteiger partial charge on any atom is 0.251 e. The van der Waals surface area contributed by atoms with E-state index in [2.05, 4.69) is 10.3 Å². The molecule has 0 bridgehead atoms. The minimum atomic E-state index is -0.443. The molecular weight excluding hydrogens is 409 g/mol. The molecule has 7 heteroatoms. The van der Waals surface area contributed by atoms with Crippen LogP contribution in [0.4, 0.5) is 0 Å². The lowest BCUT2D eigenvalue weighted by Gasteiger charge is -2.06. The number of primary amides is 1. The maximum atomic E-state index is 11.8. The highest BCUT2D eigenvalue weighted by Crippen LogP contribution is 2.22. The number of hydrogen-bond acceptors (Lipinski definition) is 3. The molecule has 0 atom stereocenters. The molecule has 0 spiro atoms. The van der Waals surface area contributed by atoms with Gasteiger partial charge < -0.3 is 11.1 Å². The van der Waals surface area contributed by atoms with Gasteiger partial charge in [-0.3, -0.25) is 14.6 Å². The number of nitrogens with two attached hydrogens (primary N) is 1. The Morgan fingerprint density at radius 1 is 0.966 bits per heavy atom. The topological polar surface area (TPSA) is 85.1 Å². The fourth-order valence-electron chi connectivity index (χ4n) is 2.18. The first kappa shape index (κ1) is 22.1. The van der Waals surface area contributed by atoms with Crippen LogP contribution < -0.4 is 11.1 Å². The zero-order chi connectivity index (χ0) is 21.1. The Balaban J connectivity index is 0.000000234. The van der Waals surface area contributed by atoms with Gasteiger partial charge in [-0.05, 0) is 53.6 Å². The molecule has 5 nitrogen and oxygen atoms in total. The average Bonchev–Trinajstić information content (AvgIpc) is 2.75. The van der Waals surface area contributed by atoms with Gasteiger partial charge in [0.2, 0.25) is 5.91 Å². The summed E-state index contributed by atoms with van der Waals surface area (Å²) in [4.78, 5) is 25.9. The van der Waals surface area contributed by atoms with Crippen LogP contribution in [0.25, 0.3) is 6.08 Å². The summed E-state index contributed by atoms with van der Waals surface area (Å²) in [7, 11) is 0. The smallest absolute Gasteiger partial charge is 0.251 e. The van der Waals surface area contributed by atoms with E-state index in [0.717, 1.165) is 11.1 Å². The predicted molar refractivity (Wildman–Crippen MR) is 117 cm³/mol. The SMILES string of the molecule is NC(=O)/C=C/c1ccncc1.O=C(NCc1ccc(Cl)c(Cl)c1)c1ccccc1. The van der Waals surface area contributed by atoms with Gasteiger partial charge in [0.05, 0.1) is 10.0 Å². The normalized spacial score (nSPS) is 10.1. The van der Waals surface area contributed by atoms with Crippen LogP contribution in [0, 0.1) is 0 Å². The number of nitrogens with zero attached hydrogens (tertiary/aromatic N) is 1. The van der Waals surface area contributed by atoms with Gasteiger partial charge >= 0.3 is 0 Å². The Labute approximate surface area is 179 Å². The Morgan fingerprint density at radius 2 is 1.66 bits per heavy atom. The van der Waals surface area contributed by atoms with Crippen LogP contribution in [-0.4, -0.2) is 16.8 Å². The van der Waals surface area contributed by atoms with Crippen molar-refractivity contribution in [3.63, 3.8) is 0 Å². The van der Waals surface area contributed by atoms with E-state index in [1.165, 1.54) is 6.08 Å². The van der Waals surface area contributed by atoms with Crippen molar-refractivity contribution >= 4 is 41.1 Å². The molecule has 0 unspecified atom stereocenters. The number of carbonyl (C=O) groups excluding carboxylic acids is 2. The van der Waals surface area contributed by atoms with E-state index in [-0.39, 0.29) is 5.91 Å². The number of benzene rings is 2. The summed E-state index contributed by atoms with van der Waals surface area (Å²) in [5, 5.41) is 3.82. The first-order valence-corrected chi connectivity index (χ1v) is 9.36. The van der Waals surface area contributed by atoms with Crippen LogP contribution in [0.3, 0.4) is 0 Å². The van der Waals surface area contributed by atoms with Crippen molar-refractivity contribution in [3.8, 4) is 0 Å². The van der Waals surface area contributed by atoms with Gasteiger partial charge in [0.1, 0.15) is 0 Å². The molecule has 0 saturated carbocycles. The van der Waals surface area contributed by atoms with Gasteiger partial charge in [-0.15, -0.1) is 0 Å². The van der Waals surface area contributed by atoms with Gasteiger partial charge in [0.25, 0.3) is 5.91 Å². The third kappa shape index (κ3) is 8.17. The molecule has 2 aromatic carbocycles. The van der Waals surface area contributed by atoms with E-state index in [9.17, 15) is 9.59 Å². The Morgan fingerprint density at radius 3 is 2.28 bits per heavy atom. The van der Waals surface area contributed by atoms with Crippen molar-refractivity contribution in [1.82, 2.24) is 10.3 Å². The molecule has 0 radical (unpaired) electrons. The molecule has 148 valence electrons. The first-order valence-electron chi connectivity index (χ1n) is 8.60. The lowest BCUT2D eigenvalue weighted by molar-refractivity contribution is -0.113. The minimum absolute atomic E-state index is 0.110. The van der Waals surface area contributed by atoms with E-state index in [0.29, 0.717) is 22.2 Å². The molecular formula is C22H19Cl2N3O2. The summed E-state index contributed by atoms with van der Waals surface area (Å²) < 4.78 is 0. The number of aromatic nitrogens is 1. The summed E-state index contributed by atoms with van der Waals surface area (Å²) in [6.07, 6.45) is 6.26. The zero-order valence-electron chi connectivity index (χ0n) is 15.4. The van der Waals surface area contributed by atoms with Crippen molar-refractivity contribution < 1.29 is 9.59 Å². The van der Waals surface area contributed by atoms with Crippen LogP contribution in [0.2, 0.25) is 10.0 Å².